The van der Waals surface area contributed by atoms with E-state index in [1.54, 1.807) is 6.08 Å². The predicted molar refractivity (Wildman–Crippen MR) is 127 cm³/mol. The number of aryl methyl sites for hydroxylation is 2. The molecule has 1 unspecified atom stereocenters. The molecule has 0 aliphatic rings. The molecular weight excluding hydrogens is 372 g/mol. The lowest BCUT2D eigenvalue weighted by atomic mass is 9.91. The normalized spacial score (nSPS) is 13.3. The van der Waals surface area contributed by atoms with E-state index in [9.17, 15) is 0 Å². The third-order valence-corrected chi connectivity index (χ3v) is 5.31. The van der Waals surface area contributed by atoms with Crippen molar-refractivity contribution in [1.82, 2.24) is 4.90 Å². The third kappa shape index (κ3) is 6.20. The van der Waals surface area contributed by atoms with Crippen LogP contribution in [0.25, 0.3) is 0 Å². The van der Waals surface area contributed by atoms with E-state index in [1.165, 1.54) is 0 Å². The Morgan fingerprint density at radius 1 is 1.13 bits per heavy atom. The average molecular weight is 409 g/mol. The lowest BCUT2D eigenvalue weighted by molar-refractivity contribution is -0.0279. The van der Waals surface area contributed by atoms with Crippen LogP contribution in [0.2, 0.25) is 0 Å². The van der Waals surface area contributed by atoms with E-state index in [-0.39, 0.29) is 5.60 Å². The molecule has 162 valence electrons. The number of rotatable bonds is 11. The SMILES string of the molecule is C=CCOC(C)(CCC)c1cccc(Oc2cc(C)c(/N=C\N(C)CC)cc2C)c1. The van der Waals surface area contributed by atoms with Gasteiger partial charge in [0.2, 0.25) is 0 Å². The van der Waals surface area contributed by atoms with Crippen LogP contribution in [-0.2, 0) is 10.3 Å². The van der Waals surface area contributed by atoms with Gasteiger partial charge in [-0.3, -0.25) is 0 Å². The summed E-state index contributed by atoms with van der Waals surface area (Å²) in [5, 5.41) is 0. The van der Waals surface area contributed by atoms with Crippen LogP contribution in [-0.4, -0.2) is 31.4 Å². The van der Waals surface area contributed by atoms with E-state index in [1.807, 2.05) is 30.4 Å². The minimum atomic E-state index is -0.364. The second kappa shape index (κ2) is 11.0. The Balaban J connectivity index is 2.28. The Morgan fingerprint density at radius 3 is 2.57 bits per heavy atom. The fourth-order valence-corrected chi connectivity index (χ4v) is 3.30. The van der Waals surface area contributed by atoms with Crippen molar-refractivity contribution in [3.05, 3.63) is 65.7 Å². The van der Waals surface area contributed by atoms with E-state index in [2.05, 4.69) is 70.5 Å². The van der Waals surface area contributed by atoms with Crippen LogP contribution in [0.5, 0.6) is 11.5 Å². The summed E-state index contributed by atoms with van der Waals surface area (Å²) in [4.78, 5) is 6.65. The van der Waals surface area contributed by atoms with Crippen LogP contribution in [0, 0.1) is 13.8 Å². The van der Waals surface area contributed by atoms with E-state index in [0.717, 1.165) is 53.3 Å². The van der Waals surface area contributed by atoms with Crippen LogP contribution in [0.15, 0.2) is 54.0 Å². The average Bonchev–Trinajstić information content (AvgIpc) is 2.73. The number of nitrogens with zero attached hydrogens (tertiary/aromatic N) is 2. The van der Waals surface area contributed by atoms with Crippen molar-refractivity contribution in [3.63, 3.8) is 0 Å². The minimum absolute atomic E-state index is 0.364. The number of ether oxygens (including phenoxy) is 2. The number of aliphatic imine (C=N–C) groups is 1. The molecule has 0 N–H and O–H groups in total. The highest BCUT2D eigenvalue weighted by atomic mass is 16.5. The highest BCUT2D eigenvalue weighted by molar-refractivity contribution is 5.64. The van der Waals surface area contributed by atoms with Crippen molar-refractivity contribution >= 4 is 12.0 Å². The maximum absolute atomic E-state index is 6.27. The van der Waals surface area contributed by atoms with Crippen molar-refractivity contribution in [2.75, 3.05) is 20.2 Å². The summed E-state index contributed by atoms with van der Waals surface area (Å²) in [5.41, 5.74) is 3.84. The van der Waals surface area contributed by atoms with Crippen molar-refractivity contribution in [2.45, 2.75) is 53.1 Å². The quantitative estimate of drug-likeness (QED) is 0.230. The maximum Gasteiger partial charge on any atom is 0.130 e. The van der Waals surface area contributed by atoms with Crippen LogP contribution in [0.1, 0.15) is 50.3 Å². The Morgan fingerprint density at radius 2 is 1.90 bits per heavy atom. The molecule has 2 rings (SSSR count). The monoisotopic (exact) mass is 408 g/mol. The summed E-state index contributed by atoms with van der Waals surface area (Å²) in [6.45, 7) is 15.7. The van der Waals surface area contributed by atoms with Gasteiger partial charge in [0.05, 0.1) is 24.2 Å². The first-order valence-corrected chi connectivity index (χ1v) is 10.7. The Labute approximate surface area is 182 Å². The van der Waals surface area contributed by atoms with Gasteiger partial charge in [-0.15, -0.1) is 6.58 Å². The molecule has 0 bridgehead atoms. The predicted octanol–water partition coefficient (Wildman–Crippen LogP) is 6.93. The standard InChI is InChI=1S/C26H36N2O2/c1-8-14-26(6,29-15-9-2)22-12-11-13-23(18-22)30-25-17-20(4)24(16-21(25)5)27-19-28(7)10-3/h9,11-13,16-19H,2,8,10,14-15H2,1,3-7H3/b27-19-. The Bertz CT molecular complexity index is 875. The van der Waals surface area contributed by atoms with Gasteiger partial charge in [-0.25, -0.2) is 4.99 Å². The second-order valence-corrected chi connectivity index (χ2v) is 7.93. The van der Waals surface area contributed by atoms with E-state index in [4.69, 9.17) is 9.47 Å². The highest BCUT2D eigenvalue weighted by Gasteiger charge is 2.26. The first kappa shape index (κ1) is 23.7. The first-order chi connectivity index (χ1) is 14.3. The summed E-state index contributed by atoms with van der Waals surface area (Å²) >= 11 is 0. The van der Waals surface area contributed by atoms with Crippen molar-refractivity contribution in [2.24, 2.45) is 4.99 Å². The lowest BCUT2D eigenvalue weighted by Crippen LogP contribution is -2.26. The van der Waals surface area contributed by atoms with Gasteiger partial charge in [-0.05, 0) is 75.1 Å². The molecule has 0 spiro atoms. The lowest BCUT2D eigenvalue weighted by Gasteiger charge is -2.30. The molecule has 1 atom stereocenters. The number of benzene rings is 2. The molecule has 0 fully saturated rings. The molecule has 0 radical (unpaired) electrons. The van der Waals surface area contributed by atoms with Crippen LogP contribution < -0.4 is 4.74 Å². The molecule has 0 heterocycles. The van der Waals surface area contributed by atoms with Gasteiger partial charge in [0.1, 0.15) is 11.5 Å². The molecule has 0 aromatic heterocycles. The summed E-state index contributed by atoms with van der Waals surface area (Å²) in [6.07, 6.45) is 5.62. The fraction of sp³-hybridized carbons (Fsp3) is 0.423. The van der Waals surface area contributed by atoms with Crippen LogP contribution in [0.4, 0.5) is 5.69 Å². The summed E-state index contributed by atoms with van der Waals surface area (Å²) in [6, 6.07) is 12.3. The topological polar surface area (TPSA) is 34.1 Å². The Hall–Kier alpha value is -2.59. The van der Waals surface area contributed by atoms with Gasteiger partial charge in [0.15, 0.2) is 0 Å². The Kier molecular flexibility index (Phi) is 8.67. The van der Waals surface area contributed by atoms with Gasteiger partial charge < -0.3 is 14.4 Å². The van der Waals surface area contributed by atoms with Gasteiger partial charge >= 0.3 is 0 Å². The molecular formula is C26H36N2O2. The molecule has 0 saturated heterocycles. The fourth-order valence-electron chi connectivity index (χ4n) is 3.30. The molecule has 0 aliphatic carbocycles. The zero-order valence-electron chi connectivity index (χ0n) is 19.4. The van der Waals surface area contributed by atoms with Gasteiger partial charge in [-0.2, -0.15) is 0 Å². The molecule has 0 aliphatic heterocycles. The number of hydrogen-bond acceptors (Lipinski definition) is 3. The van der Waals surface area contributed by atoms with Crippen molar-refractivity contribution in [3.8, 4) is 11.5 Å². The van der Waals surface area contributed by atoms with Crippen LogP contribution in [0.3, 0.4) is 0 Å². The maximum atomic E-state index is 6.27. The van der Waals surface area contributed by atoms with Gasteiger partial charge in [-0.1, -0.05) is 31.6 Å². The zero-order chi connectivity index (χ0) is 22.1. The molecule has 4 nitrogen and oxygen atoms in total. The molecule has 2 aromatic rings. The second-order valence-electron chi connectivity index (χ2n) is 7.93. The molecule has 2 aromatic carbocycles. The smallest absolute Gasteiger partial charge is 0.130 e. The van der Waals surface area contributed by atoms with E-state index < -0.39 is 0 Å². The highest BCUT2D eigenvalue weighted by Crippen LogP contribution is 2.35. The van der Waals surface area contributed by atoms with Gasteiger partial charge in [0.25, 0.3) is 0 Å². The molecule has 0 amide bonds. The van der Waals surface area contributed by atoms with E-state index in [0.29, 0.717) is 6.61 Å². The van der Waals surface area contributed by atoms with Crippen LogP contribution >= 0.6 is 0 Å². The zero-order valence-corrected chi connectivity index (χ0v) is 19.4. The molecule has 4 heteroatoms. The summed E-state index contributed by atoms with van der Waals surface area (Å²) in [7, 11) is 2.02. The van der Waals surface area contributed by atoms with Crippen molar-refractivity contribution < 1.29 is 9.47 Å². The first-order valence-electron chi connectivity index (χ1n) is 10.7. The van der Waals surface area contributed by atoms with Crippen molar-refractivity contribution in [1.29, 1.82) is 0 Å². The number of hydrogen-bond donors (Lipinski definition) is 0. The molecule has 0 saturated carbocycles. The largest absolute Gasteiger partial charge is 0.457 e. The third-order valence-electron chi connectivity index (χ3n) is 5.31. The summed E-state index contributed by atoms with van der Waals surface area (Å²) < 4.78 is 12.4. The molecule has 30 heavy (non-hydrogen) atoms. The minimum Gasteiger partial charge on any atom is -0.457 e. The van der Waals surface area contributed by atoms with Gasteiger partial charge in [0, 0.05) is 13.6 Å². The van der Waals surface area contributed by atoms with E-state index >= 15 is 0 Å². The summed E-state index contributed by atoms with van der Waals surface area (Å²) in [5.74, 6) is 1.65.